The van der Waals surface area contributed by atoms with Crippen LogP contribution in [0.1, 0.15) is 21.5 Å². The Morgan fingerprint density at radius 1 is 1.15 bits per heavy atom. The fraction of sp³-hybridized carbons (Fsp3) is 0.158. The van der Waals surface area contributed by atoms with E-state index in [1.54, 1.807) is 31.3 Å². The monoisotopic (exact) mass is 393 g/mol. The number of hydrogen-bond donors (Lipinski definition) is 0. The van der Waals surface area contributed by atoms with Crippen molar-refractivity contribution in [1.29, 1.82) is 0 Å². The van der Waals surface area contributed by atoms with E-state index in [-0.39, 0.29) is 5.91 Å². The minimum absolute atomic E-state index is 0.311. The molecule has 0 spiro atoms. The fourth-order valence-electron chi connectivity index (χ4n) is 2.56. The normalized spacial score (nSPS) is 15.7. The predicted octanol–water partition coefficient (Wildman–Crippen LogP) is 4.60. The zero-order chi connectivity index (χ0) is 19.8. The van der Waals surface area contributed by atoms with Crippen LogP contribution in [0.2, 0.25) is 0 Å². The lowest BCUT2D eigenvalue weighted by Gasteiger charge is -2.27. The van der Waals surface area contributed by atoms with Gasteiger partial charge in [0.2, 0.25) is 0 Å². The summed E-state index contributed by atoms with van der Waals surface area (Å²) in [5, 5.41) is 0. The van der Waals surface area contributed by atoms with Crippen LogP contribution < -0.4 is 4.90 Å². The molecule has 0 atom stereocenters. The zero-order valence-electron chi connectivity index (χ0n) is 14.3. The summed E-state index contributed by atoms with van der Waals surface area (Å²) in [4.78, 5) is 26.8. The smallest absolute Gasteiger partial charge is 0.416 e. The van der Waals surface area contributed by atoms with Gasteiger partial charge in [-0.1, -0.05) is 23.9 Å². The summed E-state index contributed by atoms with van der Waals surface area (Å²) in [6.07, 6.45) is -2.86. The van der Waals surface area contributed by atoms with Crippen LogP contribution in [0.4, 0.5) is 18.9 Å². The minimum atomic E-state index is -4.41. The first kappa shape index (κ1) is 19.0. The van der Waals surface area contributed by atoms with Crippen LogP contribution in [0.15, 0.2) is 52.3 Å². The molecule has 140 valence electrons. The predicted molar refractivity (Wildman–Crippen MR) is 96.5 cm³/mol. The van der Waals surface area contributed by atoms with Crippen molar-refractivity contribution in [2.24, 2.45) is 0 Å². The van der Waals surface area contributed by atoms with Gasteiger partial charge in [0.25, 0.3) is 5.91 Å². The van der Waals surface area contributed by atoms with Gasteiger partial charge < -0.3 is 9.64 Å². The second kappa shape index (κ2) is 7.11. The molecular formula is C19H14F3NO3S. The number of carbonyl (C=O) groups excluding carboxylic acids is 2. The summed E-state index contributed by atoms with van der Waals surface area (Å²) in [5.74, 6) is -0.816. The Balaban J connectivity index is 1.92. The molecule has 4 nitrogen and oxygen atoms in total. The van der Waals surface area contributed by atoms with Gasteiger partial charge in [0.1, 0.15) is 0 Å². The van der Waals surface area contributed by atoms with Crippen LogP contribution in [0.5, 0.6) is 0 Å². The van der Waals surface area contributed by atoms with E-state index in [4.69, 9.17) is 0 Å². The van der Waals surface area contributed by atoms with E-state index in [9.17, 15) is 22.8 Å². The van der Waals surface area contributed by atoms with Crippen molar-refractivity contribution >= 4 is 35.4 Å². The summed E-state index contributed by atoms with van der Waals surface area (Å²) in [5.41, 5.74) is 0.635. The van der Waals surface area contributed by atoms with Crippen LogP contribution in [-0.4, -0.2) is 26.0 Å². The highest BCUT2D eigenvalue weighted by Crippen LogP contribution is 2.42. The first-order valence-corrected chi connectivity index (χ1v) is 8.59. The second-order valence-electron chi connectivity index (χ2n) is 5.77. The molecule has 0 fully saturated rings. The number of esters is 1. The number of benzene rings is 2. The lowest BCUT2D eigenvalue weighted by atomic mass is 10.1. The van der Waals surface area contributed by atoms with Gasteiger partial charge in [0.05, 0.1) is 28.8 Å². The van der Waals surface area contributed by atoms with Gasteiger partial charge in [-0.2, -0.15) is 13.2 Å². The average Bonchev–Trinajstić information content (AvgIpc) is 2.64. The van der Waals surface area contributed by atoms with Crippen molar-refractivity contribution in [1.82, 2.24) is 0 Å². The second-order valence-corrected chi connectivity index (χ2v) is 6.85. The highest BCUT2D eigenvalue weighted by molar-refractivity contribution is 8.04. The molecular weight excluding hydrogens is 379 g/mol. The van der Waals surface area contributed by atoms with Crippen LogP contribution in [0.25, 0.3) is 6.08 Å². The Labute approximate surface area is 157 Å². The van der Waals surface area contributed by atoms with Crippen molar-refractivity contribution in [3.05, 3.63) is 64.1 Å². The number of thioether (sulfide) groups is 1. The Kier molecular flexibility index (Phi) is 5.01. The number of halogens is 3. The molecule has 1 aliphatic heterocycles. The van der Waals surface area contributed by atoms with Crippen LogP contribution in [0.3, 0.4) is 0 Å². The van der Waals surface area contributed by atoms with E-state index < -0.39 is 17.7 Å². The first-order chi connectivity index (χ1) is 12.7. The number of fused-ring (bicyclic) bond motifs is 1. The van der Waals surface area contributed by atoms with Gasteiger partial charge in [0, 0.05) is 11.9 Å². The summed E-state index contributed by atoms with van der Waals surface area (Å²) in [6, 6.07) is 9.46. The van der Waals surface area contributed by atoms with E-state index in [2.05, 4.69) is 4.74 Å². The number of rotatable bonds is 2. The Morgan fingerprint density at radius 2 is 1.81 bits per heavy atom. The van der Waals surface area contributed by atoms with Crippen LogP contribution in [0, 0.1) is 0 Å². The maximum Gasteiger partial charge on any atom is 0.416 e. The number of likely N-dealkylation sites (N-methyl/N-ethyl adjacent to an activating group) is 1. The van der Waals surface area contributed by atoms with Crippen LogP contribution in [-0.2, 0) is 15.7 Å². The molecule has 27 heavy (non-hydrogen) atoms. The molecule has 0 bridgehead atoms. The number of carbonyl (C=O) groups is 2. The fourth-order valence-corrected chi connectivity index (χ4v) is 3.65. The number of alkyl halides is 3. The van der Waals surface area contributed by atoms with Gasteiger partial charge >= 0.3 is 12.1 Å². The molecule has 1 heterocycles. The Hall–Kier alpha value is -2.74. The third kappa shape index (κ3) is 3.85. The number of nitrogens with zero attached hydrogens (tertiary/aromatic N) is 1. The zero-order valence-corrected chi connectivity index (χ0v) is 15.1. The molecule has 3 rings (SSSR count). The summed E-state index contributed by atoms with van der Waals surface area (Å²) >= 11 is 1.20. The van der Waals surface area contributed by atoms with Crippen molar-refractivity contribution in [3.63, 3.8) is 0 Å². The van der Waals surface area contributed by atoms with Gasteiger partial charge in [-0.3, -0.25) is 4.79 Å². The number of methoxy groups -OCH3 is 1. The lowest BCUT2D eigenvalue weighted by molar-refractivity contribution is -0.137. The summed E-state index contributed by atoms with van der Waals surface area (Å²) in [7, 11) is 2.85. The first-order valence-electron chi connectivity index (χ1n) is 7.78. The van der Waals surface area contributed by atoms with E-state index in [1.807, 2.05) is 0 Å². The maximum absolute atomic E-state index is 12.7. The lowest BCUT2D eigenvalue weighted by Crippen LogP contribution is -2.30. The van der Waals surface area contributed by atoms with E-state index in [1.165, 1.54) is 35.9 Å². The van der Waals surface area contributed by atoms with E-state index in [0.29, 0.717) is 21.7 Å². The molecule has 1 amide bonds. The molecule has 0 saturated heterocycles. The topological polar surface area (TPSA) is 46.6 Å². The number of ether oxygens (including phenoxy) is 1. The largest absolute Gasteiger partial charge is 0.465 e. The molecule has 2 aromatic rings. The molecule has 0 unspecified atom stereocenters. The van der Waals surface area contributed by atoms with Crippen molar-refractivity contribution in [2.75, 3.05) is 19.1 Å². The van der Waals surface area contributed by atoms with E-state index >= 15 is 0 Å². The number of amides is 1. The highest BCUT2D eigenvalue weighted by atomic mass is 32.2. The molecule has 2 aromatic carbocycles. The molecule has 0 saturated carbocycles. The highest BCUT2D eigenvalue weighted by Gasteiger charge is 2.30. The van der Waals surface area contributed by atoms with Gasteiger partial charge in [-0.15, -0.1) is 0 Å². The average molecular weight is 393 g/mol. The van der Waals surface area contributed by atoms with Gasteiger partial charge in [0.15, 0.2) is 0 Å². The molecule has 0 aliphatic carbocycles. The summed E-state index contributed by atoms with van der Waals surface area (Å²) in [6.45, 7) is 0. The van der Waals surface area contributed by atoms with E-state index in [0.717, 1.165) is 17.0 Å². The van der Waals surface area contributed by atoms with Gasteiger partial charge in [-0.05, 0) is 42.0 Å². The van der Waals surface area contributed by atoms with Crippen molar-refractivity contribution in [2.45, 2.75) is 11.1 Å². The van der Waals surface area contributed by atoms with Crippen molar-refractivity contribution in [3.8, 4) is 0 Å². The Bertz CT molecular complexity index is 936. The quantitative estimate of drug-likeness (QED) is 0.553. The van der Waals surface area contributed by atoms with Gasteiger partial charge in [-0.25, -0.2) is 4.79 Å². The maximum atomic E-state index is 12.7. The summed E-state index contributed by atoms with van der Waals surface area (Å²) < 4.78 is 42.7. The molecule has 0 N–H and O–H groups in total. The third-order valence-electron chi connectivity index (χ3n) is 4.01. The minimum Gasteiger partial charge on any atom is -0.465 e. The third-order valence-corrected chi connectivity index (χ3v) is 5.09. The Morgan fingerprint density at radius 3 is 2.41 bits per heavy atom. The molecule has 0 radical (unpaired) electrons. The molecule has 0 aromatic heterocycles. The standard InChI is InChI=1S/C19H14F3NO3S/c1-23-14-10-12(18(25)26-2)5-8-15(14)27-16(17(23)24)9-11-3-6-13(7-4-11)19(20,21)22/h3-10H,1-2H3. The molecule has 8 heteroatoms. The number of hydrogen-bond acceptors (Lipinski definition) is 4. The van der Waals surface area contributed by atoms with Crippen molar-refractivity contribution < 1.29 is 27.5 Å². The number of anilines is 1. The molecule has 1 aliphatic rings. The SMILES string of the molecule is COC(=O)c1ccc2c(c1)N(C)C(=O)C(=Cc1ccc(C(F)(F)F)cc1)S2. The van der Waals surface area contributed by atoms with Crippen LogP contribution >= 0.6 is 11.8 Å².